The highest BCUT2D eigenvalue weighted by Gasteiger charge is 2.19. The smallest absolute Gasteiger partial charge is 0.306 e. The van der Waals surface area contributed by atoms with E-state index in [1.165, 1.54) is 14.1 Å². The first-order chi connectivity index (χ1) is 14.2. The van der Waals surface area contributed by atoms with Gasteiger partial charge < -0.3 is 14.0 Å². The summed E-state index contributed by atoms with van der Waals surface area (Å²) in [6, 6.07) is 12.2. The molecule has 0 atom stereocenters. The summed E-state index contributed by atoms with van der Waals surface area (Å²) < 4.78 is 38.2. The summed E-state index contributed by atoms with van der Waals surface area (Å²) in [6.07, 6.45) is 0.557. The standard InChI is InChI=1S/C21H25N3O5S/c1-23(2)30(26,27)17-8-9-19-18(13-17)22-20(24(19)3)10-11-21(25)29-14-15-6-5-7-16(12-15)28-4/h5-9,12-13H,10-11,14H2,1-4H3. The van der Waals surface area contributed by atoms with Gasteiger partial charge in [-0.05, 0) is 35.9 Å². The lowest BCUT2D eigenvalue weighted by Crippen LogP contribution is -2.22. The number of benzene rings is 2. The normalized spacial score (nSPS) is 11.8. The Morgan fingerprint density at radius 3 is 2.63 bits per heavy atom. The lowest BCUT2D eigenvalue weighted by atomic mass is 10.2. The third kappa shape index (κ3) is 4.63. The fraction of sp³-hybridized carbons (Fsp3) is 0.333. The molecule has 0 saturated heterocycles. The molecule has 0 radical (unpaired) electrons. The minimum atomic E-state index is -3.54. The third-order valence-electron chi connectivity index (χ3n) is 4.81. The van der Waals surface area contributed by atoms with E-state index < -0.39 is 10.0 Å². The van der Waals surface area contributed by atoms with Crippen LogP contribution in [-0.4, -0.2) is 49.4 Å². The number of fused-ring (bicyclic) bond motifs is 1. The van der Waals surface area contributed by atoms with Crippen LogP contribution in [0.1, 0.15) is 17.8 Å². The number of sulfonamides is 1. The quantitative estimate of drug-likeness (QED) is 0.509. The van der Waals surface area contributed by atoms with Gasteiger partial charge in [0.05, 0.1) is 29.5 Å². The Morgan fingerprint density at radius 1 is 1.17 bits per heavy atom. The SMILES string of the molecule is COc1cccc(COC(=O)CCc2nc3cc(S(=O)(=O)N(C)C)ccc3n2C)c1. The summed E-state index contributed by atoms with van der Waals surface area (Å²) in [5, 5.41) is 0. The lowest BCUT2D eigenvalue weighted by molar-refractivity contribution is -0.144. The van der Waals surface area contributed by atoms with E-state index in [4.69, 9.17) is 9.47 Å². The molecule has 3 aromatic rings. The fourth-order valence-electron chi connectivity index (χ4n) is 3.04. The van der Waals surface area contributed by atoms with Gasteiger partial charge in [-0.3, -0.25) is 4.79 Å². The van der Waals surface area contributed by atoms with E-state index in [-0.39, 0.29) is 23.9 Å². The molecule has 0 unspecified atom stereocenters. The first-order valence-electron chi connectivity index (χ1n) is 9.39. The number of methoxy groups -OCH3 is 1. The van der Waals surface area contributed by atoms with Crippen molar-refractivity contribution >= 4 is 27.0 Å². The van der Waals surface area contributed by atoms with Gasteiger partial charge in [-0.2, -0.15) is 0 Å². The van der Waals surface area contributed by atoms with Crippen molar-refractivity contribution < 1.29 is 22.7 Å². The van der Waals surface area contributed by atoms with Crippen LogP contribution in [0.4, 0.5) is 0 Å². The Labute approximate surface area is 176 Å². The van der Waals surface area contributed by atoms with Crippen LogP contribution in [0.25, 0.3) is 11.0 Å². The van der Waals surface area contributed by atoms with Crippen molar-refractivity contribution in [3.63, 3.8) is 0 Å². The van der Waals surface area contributed by atoms with E-state index in [9.17, 15) is 13.2 Å². The highest BCUT2D eigenvalue weighted by molar-refractivity contribution is 7.89. The highest BCUT2D eigenvalue weighted by Crippen LogP contribution is 2.22. The molecule has 0 aliphatic heterocycles. The highest BCUT2D eigenvalue weighted by atomic mass is 32.2. The molecular formula is C21H25N3O5S. The van der Waals surface area contributed by atoms with Crippen LogP contribution in [0.5, 0.6) is 5.75 Å². The Kier molecular flexibility index (Phi) is 6.42. The van der Waals surface area contributed by atoms with Gasteiger partial charge in [0, 0.05) is 27.6 Å². The molecule has 0 N–H and O–H groups in total. The Bertz CT molecular complexity index is 1170. The van der Waals surface area contributed by atoms with Crippen LogP contribution >= 0.6 is 0 Å². The van der Waals surface area contributed by atoms with Crippen LogP contribution < -0.4 is 4.74 Å². The number of nitrogens with zero attached hydrogens (tertiary/aromatic N) is 3. The van der Waals surface area contributed by atoms with Gasteiger partial charge in [0.25, 0.3) is 0 Å². The van der Waals surface area contributed by atoms with Gasteiger partial charge >= 0.3 is 5.97 Å². The lowest BCUT2D eigenvalue weighted by Gasteiger charge is -2.10. The zero-order valence-corrected chi connectivity index (χ0v) is 18.3. The first-order valence-corrected chi connectivity index (χ1v) is 10.8. The molecular weight excluding hydrogens is 406 g/mol. The summed E-state index contributed by atoms with van der Waals surface area (Å²) in [7, 11) is 2.86. The van der Waals surface area contributed by atoms with Gasteiger partial charge in [0.15, 0.2) is 0 Å². The van der Waals surface area contributed by atoms with Crippen LogP contribution in [0, 0.1) is 0 Å². The van der Waals surface area contributed by atoms with Crippen molar-refractivity contribution in [3.05, 3.63) is 53.9 Å². The topological polar surface area (TPSA) is 90.7 Å². The molecule has 0 fully saturated rings. The number of aryl methyl sites for hydroxylation is 2. The molecule has 0 saturated carbocycles. The van der Waals surface area contributed by atoms with Crippen molar-refractivity contribution in [1.29, 1.82) is 0 Å². The van der Waals surface area contributed by atoms with Crippen molar-refractivity contribution in [2.24, 2.45) is 7.05 Å². The summed E-state index contributed by atoms with van der Waals surface area (Å²) in [5.41, 5.74) is 2.22. The molecule has 1 aromatic heterocycles. The van der Waals surface area contributed by atoms with E-state index in [2.05, 4.69) is 4.98 Å². The van der Waals surface area contributed by atoms with E-state index in [1.807, 2.05) is 35.9 Å². The fourth-order valence-corrected chi connectivity index (χ4v) is 3.96. The monoisotopic (exact) mass is 431 g/mol. The zero-order valence-electron chi connectivity index (χ0n) is 17.5. The van der Waals surface area contributed by atoms with Gasteiger partial charge in [-0.1, -0.05) is 12.1 Å². The molecule has 0 amide bonds. The van der Waals surface area contributed by atoms with E-state index >= 15 is 0 Å². The second-order valence-electron chi connectivity index (χ2n) is 7.04. The molecule has 2 aromatic carbocycles. The largest absolute Gasteiger partial charge is 0.497 e. The maximum absolute atomic E-state index is 12.3. The summed E-state index contributed by atoms with van der Waals surface area (Å²) >= 11 is 0. The van der Waals surface area contributed by atoms with Crippen molar-refractivity contribution in [2.45, 2.75) is 24.3 Å². The number of imidazole rings is 1. The molecule has 8 nitrogen and oxygen atoms in total. The number of carbonyl (C=O) groups excluding carboxylic acids is 1. The van der Waals surface area contributed by atoms with E-state index in [0.717, 1.165) is 15.4 Å². The van der Waals surface area contributed by atoms with Gasteiger partial charge in [0.2, 0.25) is 10.0 Å². The molecule has 160 valence electrons. The van der Waals surface area contributed by atoms with Gasteiger partial charge in [0.1, 0.15) is 18.2 Å². The predicted molar refractivity (Wildman–Crippen MR) is 113 cm³/mol. The van der Waals surface area contributed by atoms with Crippen molar-refractivity contribution in [3.8, 4) is 5.75 Å². The number of hydrogen-bond acceptors (Lipinski definition) is 6. The number of carbonyl (C=O) groups is 1. The van der Waals surface area contributed by atoms with Gasteiger partial charge in [-0.25, -0.2) is 17.7 Å². The molecule has 0 aliphatic carbocycles. The number of hydrogen-bond donors (Lipinski definition) is 0. The Morgan fingerprint density at radius 2 is 1.93 bits per heavy atom. The minimum Gasteiger partial charge on any atom is -0.497 e. The van der Waals surface area contributed by atoms with Crippen LogP contribution in [-0.2, 0) is 39.6 Å². The summed E-state index contributed by atoms with van der Waals surface area (Å²) in [5.74, 6) is 1.06. The molecule has 1 heterocycles. The number of aromatic nitrogens is 2. The van der Waals surface area contributed by atoms with Gasteiger partial charge in [-0.15, -0.1) is 0 Å². The summed E-state index contributed by atoms with van der Waals surface area (Å²) in [6.45, 7) is 0.171. The molecule has 0 spiro atoms. The molecule has 30 heavy (non-hydrogen) atoms. The zero-order chi connectivity index (χ0) is 21.9. The number of rotatable bonds is 8. The average molecular weight is 432 g/mol. The second-order valence-corrected chi connectivity index (χ2v) is 9.19. The molecule has 0 bridgehead atoms. The van der Waals surface area contributed by atoms with Crippen LogP contribution in [0.15, 0.2) is 47.4 Å². The Hall–Kier alpha value is -2.91. The molecule has 9 heteroatoms. The van der Waals surface area contributed by atoms with Crippen LogP contribution in [0.3, 0.4) is 0 Å². The molecule has 0 aliphatic rings. The number of esters is 1. The Balaban J connectivity index is 1.66. The minimum absolute atomic E-state index is 0.171. The van der Waals surface area contributed by atoms with E-state index in [0.29, 0.717) is 23.5 Å². The third-order valence-corrected chi connectivity index (χ3v) is 6.62. The van der Waals surface area contributed by atoms with E-state index in [1.54, 1.807) is 25.3 Å². The average Bonchev–Trinajstić information content (AvgIpc) is 3.05. The maximum Gasteiger partial charge on any atom is 0.306 e. The number of ether oxygens (including phenoxy) is 2. The first kappa shape index (κ1) is 21.8. The van der Waals surface area contributed by atoms with Crippen molar-refractivity contribution in [2.75, 3.05) is 21.2 Å². The molecule has 3 rings (SSSR count). The maximum atomic E-state index is 12.3. The summed E-state index contributed by atoms with van der Waals surface area (Å²) in [4.78, 5) is 16.9. The van der Waals surface area contributed by atoms with Crippen molar-refractivity contribution in [1.82, 2.24) is 13.9 Å². The van der Waals surface area contributed by atoms with Crippen LogP contribution in [0.2, 0.25) is 0 Å². The predicted octanol–water partition coefficient (Wildman–Crippen LogP) is 2.51. The second kappa shape index (κ2) is 8.85.